The molecule has 1 rings (SSSR count). The molecule has 1 aromatic carbocycles. The lowest BCUT2D eigenvalue weighted by atomic mass is 10.1. The van der Waals surface area contributed by atoms with E-state index in [0.717, 1.165) is 0 Å². The van der Waals surface area contributed by atoms with Gasteiger partial charge in [0.05, 0.1) is 12.7 Å². The van der Waals surface area contributed by atoms with Crippen LogP contribution in [0.3, 0.4) is 0 Å². The Hall–Kier alpha value is -2.47. The van der Waals surface area contributed by atoms with Gasteiger partial charge in [0.25, 0.3) is 5.91 Å². The van der Waals surface area contributed by atoms with Crippen LogP contribution in [0.1, 0.15) is 20.7 Å². The molecule has 1 N–H and O–H groups in total. The van der Waals surface area contributed by atoms with E-state index in [9.17, 15) is 9.59 Å². The van der Waals surface area contributed by atoms with Gasteiger partial charge in [0, 0.05) is 18.7 Å². The van der Waals surface area contributed by atoms with Crippen LogP contribution < -0.4 is 5.32 Å². The minimum Gasteiger partial charge on any atom is -0.465 e. The van der Waals surface area contributed by atoms with E-state index in [0.29, 0.717) is 29.3 Å². The highest BCUT2D eigenvalue weighted by atomic mass is 32.1. The summed E-state index contributed by atoms with van der Waals surface area (Å²) < 4.78 is 4.60. The van der Waals surface area contributed by atoms with Gasteiger partial charge in [0.15, 0.2) is 5.11 Å². The number of hydrogen-bond donors (Lipinski definition) is 1. The first-order valence-electron chi connectivity index (χ1n) is 6.54. The van der Waals surface area contributed by atoms with Gasteiger partial charge in [-0.3, -0.25) is 10.1 Å². The maximum Gasteiger partial charge on any atom is 0.337 e. The van der Waals surface area contributed by atoms with Crippen molar-refractivity contribution < 1.29 is 14.3 Å². The molecule has 0 aliphatic rings. The third-order valence-electron chi connectivity index (χ3n) is 2.77. The second kappa shape index (κ2) is 8.74. The highest BCUT2D eigenvalue weighted by molar-refractivity contribution is 7.80. The molecule has 0 atom stereocenters. The Morgan fingerprint density at radius 3 is 2.14 bits per heavy atom. The van der Waals surface area contributed by atoms with Gasteiger partial charge >= 0.3 is 5.97 Å². The van der Waals surface area contributed by atoms with Crippen LogP contribution in [0.5, 0.6) is 0 Å². The molecular formula is C16H18N2O3S. The normalized spacial score (nSPS) is 9.50. The molecule has 0 aliphatic carbocycles. The molecule has 0 heterocycles. The number of carbonyl (C=O) groups is 2. The summed E-state index contributed by atoms with van der Waals surface area (Å²) in [5.41, 5.74) is 0.772. The van der Waals surface area contributed by atoms with Gasteiger partial charge in [-0.05, 0) is 36.5 Å². The topological polar surface area (TPSA) is 58.6 Å². The van der Waals surface area contributed by atoms with Crippen LogP contribution in [0.4, 0.5) is 0 Å². The largest absolute Gasteiger partial charge is 0.465 e. The zero-order chi connectivity index (χ0) is 16.5. The number of nitrogens with zero attached hydrogens (tertiary/aromatic N) is 1. The summed E-state index contributed by atoms with van der Waals surface area (Å²) in [6.45, 7) is 8.30. The summed E-state index contributed by atoms with van der Waals surface area (Å²) in [7, 11) is 1.30. The quantitative estimate of drug-likeness (QED) is 0.495. The van der Waals surface area contributed by atoms with Crippen molar-refractivity contribution in [1.82, 2.24) is 10.2 Å². The first-order valence-corrected chi connectivity index (χ1v) is 6.94. The molecule has 0 spiro atoms. The van der Waals surface area contributed by atoms with E-state index in [4.69, 9.17) is 12.2 Å². The number of nitrogens with one attached hydrogen (secondary N) is 1. The standard InChI is InChI=1S/C16H18N2O3S/c1-4-10-18(11-5-2)16(22)17-14(19)12-6-8-13(9-7-12)15(20)21-3/h4-9H,1-2,10-11H2,3H3,(H,17,19,22). The lowest BCUT2D eigenvalue weighted by molar-refractivity contribution is 0.0600. The van der Waals surface area contributed by atoms with Crippen molar-refractivity contribution in [3.8, 4) is 0 Å². The molecule has 6 heteroatoms. The van der Waals surface area contributed by atoms with Crippen LogP contribution in [0.25, 0.3) is 0 Å². The smallest absolute Gasteiger partial charge is 0.337 e. The van der Waals surface area contributed by atoms with Gasteiger partial charge in [-0.15, -0.1) is 13.2 Å². The van der Waals surface area contributed by atoms with E-state index in [2.05, 4.69) is 23.2 Å². The SMILES string of the molecule is C=CCN(CC=C)C(=S)NC(=O)c1ccc(C(=O)OC)cc1. The van der Waals surface area contributed by atoms with Crippen LogP contribution in [0, 0.1) is 0 Å². The van der Waals surface area contributed by atoms with Gasteiger partial charge in [-0.1, -0.05) is 12.2 Å². The Morgan fingerprint density at radius 2 is 1.68 bits per heavy atom. The maximum absolute atomic E-state index is 12.1. The number of hydrogen-bond acceptors (Lipinski definition) is 4. The number of ether oxygens (including phenoxy) is 1. The first kappa shape index (κ1) is 17.6. The minimum atomic E-state index is -0.453. The number of esters is 1. The number of amides is 1. The van der Waals surface area contributed by atoms with Gasteiger partial charge in [-0.25, -0.2) is 4.79 Å². The molecule has 0 fully saturated rings. The molecule has 22 heavy (non-hydrogen) atoms. The van der Waals surface area contributed by atoms with Crippen LogP contribution >= 0.6 is 12.2 Å². The highest BCUT2D eigenvalue weighted by Crippen LogP contribution is 2.06. The Labute approximate surface area is 135 Å². The fourth-order valence-corrected chi connectivity index (χ4v) is 1.92. The zero-order valence-corrected chi connectivity index (χ0v) is 13.2. The average Bonchev–Trinajstić information content (AvgIpc) is 2.53. The monoisotopic (exact) mass is 318 g/mol. The Kier molecular flexibility index (Phi) is 6.98. The lowest BCUT2D eigenvalue weighted by Gasteiger charge is -2.22. The summed E-state index contributed by atoms with van der Waals surface area (Å²) in [5.74, 6) is -0.801. The average molecular weight is 318 g/mol. The van der Waals surface area contributed by atoms with E-state index < -0.39 is 5.97 Å². The predicted molar refractivity (Wildman–Crippen MR) is 89.8 cm³/mol. The molecule has 5 nitrogen and oxygen atoms in total. The Balaban J connectivity index is 2.75. The maximum atomic E-state index is 12.1. The molecule has 116 valence electrons. The number of rotatable bonds is 6. The summed E-state index contributed by atoms with van der Waals surface area (Å²) in [5, 5.41) is 2.93. The second-order valence-electron chi connectivity index (χ2n) is 4.31. The minimum absolute atomic E-state index is 0.293. The molecule has 0 saturated heterocycles. The summed E-state index contributed by atoms with van der Waals surface area (Å²) in [4.78, 5) is 25.2. The lowest BCUT2D eigenvalue weighted by Crippen LogP contribution is -2.42. The number of methoxy groups -OCH3 is 1. The molecule has 1 amide bonds. The summed E-state index contributed by atoms with van der Waals surface area (Å²) in [6, 6.07) is 6.12. The van der Waals surface area contributed by atoms with Gasteiger partial charge < -0.3 is 9.64 Å². The fraction of sp³-hybridized carbons (Fsp3) is 0.188. The van der Waals surface area contributed by atoms with Crippen molar-refractivity contribution in [3.05, 3.63) is 60.7 Å². The molecule has 0 bridgehead atoms. The predicted octanol–water partition coefficient (Wildman–Crippen LogP) is 2.16. The van der Waals surface area contributed by atoms with Crippen molar-refractivity contribution in [2.45, 2.75) is 0 Å². The van der Waals surface area contributed by atoms with Gasteiger partial charge in [0.2, 0.25) is 0 Å². The van der Waals surface area contributed by atoms with E-state index in [1.807, 2.05) is 0 Å². The first-order chi connectivity index (χ1) is 10.5. The van der Waals surface area contributed by atoms with Crippen molar-refractivity contribution in [3.63, 3.8) is 0 Å². The molecule has 0 unspecified atom stereocenters. The van der Waals surface area contributed by atoms with E-state index in [1.165, 1.54) is 31.4 Å². The molecule has 0 radical (unpaired) electrons. The molecule has 0 aliphatic heterocycles. The van der Waals surface area contributed by atoms with Crippen LogP contribution in [0.15, 0.2) is 49.6 Å². The van der Waals surface area contributed by atoms with Gasteiger partial charge in [-0.2, -0.15) is 0 Å². The Morgan fingerprint density at radius 1 is 1.18 bits per heavy atom. The molecule has 1 aromatic rings. The van der Waals surface area contributed by atoms with Crippen molar-refractivity contribution in [1.29, 1.82) is 0 Å². The zero-order valence-electron chi connectivity index (χ0n) is 12.4. The number of benzene rings is 1. The van der Waals surface area contributed by atoms with Crippen LogP contribution in [-0.4, -0.2) is 42.1 Å². The highest BCUT2D eigenvalue weighted by Gasteiger charge is 2.13. The number of thiocarbonyl (C=S) groups is 1. The van der Waals surface area contributed by atoms with Crippen molar-refractivity contribution in [2.24, 2.45) is 0 Å². The summed E-state index contributed by atoms with van der Waals surface area (Å²) >= 11 is 5.19. The molecular weight excluding hydrogens is 300 g/mol. The van der Waals surface area contributed by atoms with Crippen LogP contribution in [0.2, 0.25) is 0 Å². The third kappa shape index (κ3) is 4.82. The van der Waals surface area contributed by atoms with E-state index in [1.54, 1.807) is 17.1 Å². The number of carbonyl (C=O) groups excluding carboxylic acids is 2. The van der Waals surface area contributed by atoms with E-state index in [-0.39, 0.29) is 5.91 Å². The fourth-order valence-electron chi connectivity index (χ4n) is 1.68. The molecule has 0 saturated carbocycles. The molecule has 0 aromatic heterocycles. The third-order valence-corrected chi connectivity index (χ3v) is 3.14. The van der Waals surface area contributed by atoms with E-state index >= 15 is 0 Å². The summed E-state index contributed by atoms with van der Waals surface area (Å²) in [6.07, 6.45) is 3.38. The van der Waals surface area contributed by atoms with Crippen LogP contribution in [-0.2, 0) is 4.74 Å². The second-order valence-corrected chi connectivity index (χ2v) is 4.70. The Bertz CT molecular complexity index is 572. The van der Waals surface area contributed by atoms with Crippen molar-refractivity contribution in [2.75, 3.05) is 20.2 Å². The van der Waals surface area contributed by atoms with Gasteiger partial charge in [0.1, 0.15) is 0 Å². The van der Waals surface area contributed by atoms with Crippen molar-refractivity contribution >= 4 is 29.2 Å².